The van der Waals surface area contributed by atoms with E-state index in [4.69, 9.17) is 11.5 Å². The molecule has 37 heavy (non-hydrogen) atoms. The maximum absolute atomic E-state index is 12.7. The number of nitrogens with one attached hydrogen (secondary N) is 1. The molecule has 2 aromatic rings. The van der Waals surface area contributed by atoms with Crippen LogP contribution >= 0.6 is 33.3 Å². The van der Waals surface area contributed by atoms with Crippen LogP contribution in [0.4, 0.5) is 5.69 Å². The number of nitrogens with zero attached hydrogens (tertiary/aromatic N) is 2. The van der Waals surface area contributed by atoms with Gasteiger partial charge in [0, 0.05) is 41.6 Å². The fourth-order valence-corrected chi connectivity index (χ4v) is 6.99. The number of amides is 2. The minimum atomic E-state index is -0.548. The SMILES string of the molecule is NC(CSSc1ccc([N+](=O)[O-])c(C(=O)NCCCC[C@H](N)C(=O)N2CCSC2)c1)Cc1ccccc1. The van der Waals surface area contributed by atoms with Gasteiger partial charge >= 0.3 is 0 Å². The second-order valence-corrected chi connectivity index (χ2v) is 12.2. The zero-order chi connectivity index (χ0) is 26.6. The highest BCUT2D eigenvalue weighted by atomic mass is 33.1. The predicted octanol–water partition coefficient (Wildman–Crippen LogP) is 3.67. The Morgan fingerprint density at radius 2 is 1.95 bits per heavy atom. The number of nitrogens with two attached hydrogens (primary N) is 2. The first kappa shape index (κ1) is 29.3. The van der Waals surface area contributed by atoms with Gasteiger partial charge in [0.2, 0.25) is 5.91 Å². The van der Waals surface area contributed by atoms with E-state index in [0.29, 0.717) is 37.4 Å². The van der Waals surface area contributed by atoms with E-state index < -0.39 is 16.9 Å². The molecule has 200 valence electrons. The smallest absolute Gasteiger partial charge is 0.282 e. The highest BCUT2D eigenvalue weighted by molar-refractivity contribution is 8.76. The van der Waals surface area contributed by atoms with Crippen LogP contribution in [0, 0.1) is 10.1 Å². The summed E-state index contributed by atoms with van der Waals surface area (Å²) in [5, 5.41) is 14.2. The Labute approximate surface area is 229 Å². The van der Waals surface area contributed by atoms with Crippen molar-refractivity contribution in [2.24, 2.45) is 11.5 Å². The van der Waals surface area contributed by atoms with Crippen molar-refractivity contribution in [3.05, 3.63) is 69.8 Å². The molecule has 1 fully saturated rings. The lowest BCUT2D eigenvalue weighted by atomic mass is 10.1. The van der Waals surface area contributed by atoms with E-state index in [1.165, 1.54) is 22.4 Å². The van der Waals surface area contributed by atoms with Gasteiger partial charge < -0.3 is 21.7 Å². The zero-order valence-electron chi connectivity index (χ0n) is 20.5. The monoisotopic (exact) mass is 563 g/mol. The van der Waals surface area contributed by atoms with Crippen molar-refractivity contribution < 1.29 is 14.5 Å². The fourth-order valence-electron chi connectivity index (χ4n) is 3.81. The molecular formula is C25H33N5O4S3. The van der Waals surface area contributed by atoms with Crippen LogP contribution < -0.4 is 16.8 Å². The molecular weight excluding hydrogens is 531 g/mol. The van der Waals surface area contributed by atoms with Crippen molar-refractivity contribution in [1.82, 2.24) is 10.2 Å². The standard InChI is InChI=1S/C25H33N5O4S3/c26-19(14-18-6-2-1-3-7-18)16-36-37-20-9-10-23(30(33)34)21(15-20)24(31)28-11-5-4-8-22(27)25(32)29-12-13-35-17-29/h1-3,6-7,9-10,15,19,22H,4-5,8,11-14,16-17,26-27H2,(H,28,31)/t19?,22-/m0/s1. The third-order valence-corrected chi connectivity index (χ3v) is 9.23. The quantitative estimate of drug-likeness (QED) is 0.136. The lowest BCUT2D eigenvalue weighted by Crippen LogP contribution is -2.42. The third-order valence-electron chi connectivity index (χ3n) is 5.80. The van der Waals surface area contributed by atoms with Crippen LogP contribution in [0.25, 0.3) is 0 Å². The van der Waals surface area contributed by atoms with E-state index in [0.717, 1.165) is 23.6 Å². The molecule has 2 amide bonds. The number of rotatable bonds is 14. The van der Waals surface area contributed by atoms with Gasteiger partial charge in [-0.15, -0.1) is 11.8 Å². The second-order valence-electron chi connectivity index (χ2n) is 8.75. The van der Waals surface area contributed by atoms with Crippen LogP contribution in [-0.2, 0) is 11.2 Å². The van der Waals surface area contributed by atoms with Gasteiger partial charge in [0.15, 0.2) is 0 Å². The summed E-state index contributed by atoms with van der Waals surface area (Å²) in [5.41, 5.74) is 13.2. The van der Waals surface area contributed by atoms with E-state index in [-0.39, 0.29) is 23.2 Å². The molecule has 2 aromatic carbocycles. The van der Waals surface area contributed by atoms with Gasteiger partial charge in [0.25, 0.3) is 11.6 Å². The summed E-state index contributed by atoms with van der Waals surface area (Å²) in [4.78, 5) is 38.5. The lowest BCUT2D eigenvalue weighted by molar-refractivity contribution is -0.385. The van der Waals surface area contributed by atoms with Gasteiger partial charge in [0.1, 0.15) is 5.56 Å². The van der Waals surface area contributed by atoms with Crippen LogP contribution in [-0.4, -0.2) is 64.2 Å². The fraction of sp³-hybridized carbons (Fsp3) is 0.440. The highest BCUT2D eigenvalue weighted by Crippen LogP contribution is 2.34. The number of carbonyl (C=O) groups excluding carboxylic acids is 2. The average molecular weight is 564 g/mol. The molecule has 12 heteroatoms. The number of unbranched alkanes of at least 4 members (excludes halogenated alkanes) is 1. The molecule has 9 nitrogen and oxygen atoms in total. The molecule has 1 aliphatic rings. The Kier molecular flexibility index (Phi) is 12.1. The van der Waals surface area contributed by atoms with Gasteiger partial charge in [-0.2, -0.15) is 0 Å². The second kappa shape index (κ2) is 15.2. The lowest BCUT2D eigenvalue weighted by Gasteiger charge is -2.19. The summed E-state index contributed by atoms with van der Waals surface area (Å²) in [5.74, 6) is 1.81. The van der Waals surface area contributed by atoms with E-state index >= 15 is 0 Å². The Morgan fingerprint density at radius 3 is 2.65 bits per heavy atom. The number of thioether (sulfide) groups is 1. The predicted molar refractivity (Wildman–Crippen MR) is 153 cm³/mol. The first-order chi connectivity index (χ1) is 17.8. The Hall–Kier alpha value is -2.25. The van der Waals surface area contributed by atoms with E-state index in [1.54, 1.807) is 39.6 Å². The average Bonchev–Trinajstić information content (AvgIpc) is 3.43. The van der Waals surface area contributed by atoms with Crippen LogP contribution in [0.15, 0.2) is 53.4 Å². The van der Waals surface area contributed by atoms with Gasteiger partial charge in [-0.3, -0.25) is 19.7 Å². The Morgan fingerprint density at radius 1 is 1.16 bits per heavy atom. The molecule has 3 rings (SSSR count). The number of nitro benzene ring substituents is 1. The molecule has 2 atom stereocenters. The summed E-state index contributed by atoms with van der Waals surface area (Å²) in [7, 11) is 3.00. The van der Waals surface area contributed by atoms with Gasteiger partial charge in [-0.05, 0) is 43.4 Å². The first-order valence-electron chi connectivity index (χ1n) is 12.1. The zero-order valence-corrected chi connectivity index (χ0v) is 23.0. The molecule has 0 bridgehead atoms. The molecule has 0 radical (unpaired) electrons. The first-order valence-corrected chi connectivity index (χ1v) is 15.6. The molecule has 1 unspecified atom stereocenters. The number of nitro groups is 1. The summed E-state index contributed by atoms with van der Waals surface area (Å²) in [6.07, 6.45) is 2.59. The van der Waals surface area contributed by atoms with Crippen molar-refractivity contribution in [2.45, 2.75) is 42.7 Å². The molecule has 1 aliphatic heterocycles. The Balaban J connectivity index is 1.44. The molecule has 5 N–H and O–H groups in total. The van der Waals surface area contributed by atoms with Crippen LogP contribution in [0.3, 0.4) is 0 Å². The minimum absolute atomic E-state index is 0.0293. The minimum Gasteiger partial charge on any atom is -0.352 e. The summed E-state index contributed by atoms with van der Waals surface area (Å²) in [6.45, 7) is 1.08. The van der Waals surface area contributed by atoms with Crippen LogP contribution in [0.1, 0.15) is 35.2 Å². The van der Waals surface area contributed by atoms with E-state index in [1.807, 2.05) is 30.3 Å². The third kappa shape index (κ3) is 9.53. The number of hydrogen-bond donors (Lipinski definition) is 3. The number of benzene rings is 2. The maximum Gasteiger partial charge on any atom is 0.282 e. The van der Waals surface area contributed by atoms with Crippen molar-refractivity contribution >= 4 is 50.9 Å². The Bertz CT molecular complexity index is 1050. The van der Waals surface area contributed by atoms with Gasteiger partial charge in [-0.1, -0.05) is 51.9 Å². The largest absolute Gasteiger partial charge is 0.352 e. The number of carbonyl (C=O) groups is 2. The summed E-state index contributed by atoms with van der Waals surface area (Å²) < 4.78 is 0. The molecule has 0 saturated carbocycles. The maximum atomic E-state index is 12.7. The van der Waals surface area contributed by atoms with E-state index in [2.05, 4.69) is 5.32 Å². The van der Waals surface area contributed by atoms with Crippen molar-refractivity contribution in [1.29, 1.82) is 0 Å². The highest BCUT2D eigenvalue weighted by Gasteiger charge is 2.24. The normalized spacial score (nSPS) is 14.8. The topological polar surface area (TPSA) is 145 Å². The van der Waals surface area contributed by atoms with Crippen LogP contribution in [0.2, 0.25) is 0 Å². The van der Waals surface area contributed by atoms with Crippen molar-refractivity contribution in [2.75, 3.05) is 30.5 Å². The van der Waals surface area contributed by atoms with Crippen molar-refractivity contribution in [3.8, 4) is 0 Å². The van der Waals surface area contributed by atoms with Gasteiger partial charge in [0.05, 0.1) is 16.8 Å². The van der Waals surface area contributed by atoms with Crippen LogP contribution in [0.5, 0.6) is 0 Å². The molecule has 0 aliphatic carbocycles. The van der Waals surface area contributed by atoms with Crippen molar-refractivity contribution in [3.63, 3.8) is 0 Å². The van der Waals surface area contributed by atoms with Gasteiger partial charge in [-0.25, -0.2) is 0 Å². The molecule has 1 saturated heterocycles. The number of hydrogen-bond acceptors (Lipinski definition) is 9. The molecule has 0 spiro atoms. The molecule has 0 aromatic heterocycles. The molecule has 1 heterocycles. The van der Waals surface area contributed by atoms with E-state index in [9.17, 15) is 19.7 Å². The summed E-state index contributed by atoms with van der Waals surface area (Å²) in [6, 6.07) is 14.0. The summed E-state index contributed by atoms with van der Waals surface area (Å²) >= 11 is 1.72.